The second-order valence-electron chi connectivity index (χ2n) is 2.25. The fourth-order valence-corrected chi connectivity index (χ4v) is 0.576. The maximum Gasteiger partial charge on any atom is 0.306 e. The van der Waals surface area contributed by atoms with E-state index in [9.17, 15) is 4.79 Å². The van der Waals surface area contributed by atoms with Crippen LogP contribution >= 0.6 is 0 Å². The Hall–Kier alpha value is -0.610. The first-order valence-corrected chi connectivity index (χ1v) is 3.08. The molecule has 0 bridgehead atoms. The second kappa shape index (κ2) is 4.24. The zero-order valence-electron chi connectivity index (χ0n) is 5.82. The molecule has 0 fully saturated rings. The van der Waals surface area contributed by atoms with Gasteiger partial charge in [0, 0.05) is 19.1 Å². The van der Waals surface area contributed by atoms with Gasteiger partial charge in [0.2, 0.25) is 0 Å². The van der Waals surface area contributed by atoms with E-state index in [0.29, 0.717) is 0 Å². The van der Waals surface area contributed by atoms with Gasteiger partial charge in [-0.1, -0.05) is 6.92 Å². The van der Waals surface area contributed by atoms with Crippen LogP contribution < -0.4 is 0 Å². The zero-order chi connectivity index (χ0) is 8.15. The molecule has 0 spiro atoms. The molecule has 0 amide bonds. The van der Waals surface area contributed by atoms with Crippen LogP contribution in [0, 0.1) is 11.8 Å². The summed E-state index contributed by atoms with van der Waals surface area (Å²) >= 11 is 0. The topological polar surface area (TPSA) is 77.8 Å². The predicted molar refractivity (Wildman–Crippen MR) is 34.5 cm³/mol. The maximum atomic E-state index is 10.2. The first kappa shape index (κ1) is 9.39. The number of carboxylic acids is 1. The molecule has 0 aromatic rings. The van der Waals surface area contributed by atoms with Crippen LogP contribution in [-0.4, -0.2) is 34.5 Å². The van der Waals surface area contributed by atoms with Gasteiger partial charge in [-0.25, -0.2) is 0 Å². The highest BCUT2D eigenvalue weighted by Gasteiger charge is 2.21. The highest BCUT2D eigenvalue weighted by molar-refractivity contribution is 5.69. The normalized spacial score (nSPS) is 13.6. The SMILES string of the molecule is CC(C(=O)O)C(CO)CO. The van der Waals surface area contributed by atoms with Gasteiger partial charge in [0.15, 0.2) is 0 Å². The molecule has 0 aliphatic heterocycles. The summed E-state index contributed by atoms with van der Waals surface area (Å²) in [6.45, 7) is 0.882. The standard InChI is InChI=1S/C6H12O4/c1-4(6(9)10)5(2-7)3-8/h4-5,7-8H,2-3H2,1H3,(H,9,10). The molecule has 0 aromatic heterocycles. The van der Waals surface area contributed by atoms with Crippen molar-refractivity contribution < 1.29 is 20.1 Å². The van der Waals surface area contributed by atoms with Crippen molar-refractivity contribution in [2.45, 2.75) is 6.92 Å². The fourth-order valence-electron chi connectivity index (χ4n) is 0.576. The summed E-state index contributed by atoms with van der Waals surface area (Å²) in [6, 6.07) is 0. The Morgan fingerprint density at radius 2 is 1.80 bits per heavy atom. The van der Waals surface area contributed by atoms with E-state index in [4.69, 9.17) is 15.3 Å². The van der Waals surface area contributed by atoms with E-state index in [-0.39, 0.29) is 13.2 Å². The lowest BCUT2D eigenvalue weighted by molar-refractivity contribution is -0.144. The lowest BCUT2D eigenvalue weighted by atomic mass is 9.96. The molecular formula is C6H12O4. The third-order valence-electron chi connectivity index (χ3n) is 1.57. The molecule has 0 aliphatic carbocycles. The Morgan fingerprint density at radius 1 is 1.40 bits per heavy atom. The van der Waals surface area contributed by atoms with Crippen molar-refractivity contribution in [3.05, 3.63) is 0 Å². The summed E-state index contributed by atoms with van der Waals surface area (Å²) in [5, 5.41) is 25.4. The molecule has 3 N–H and O–H groups in total. The van der Waals surface area contributed by atoms with Crippen molar-refractivity contribution in [1.29, 1.82) is 0 Å². The van der Waals surface area contributed by atoms with Crippen molar-refractivity contribution in [3.63, 3.8) is 0 Å². The first-order chi connectivity index (χ1) is 4.63. The highest BCUT2D eigenvalue weighted by atomic mass is 16.4. The molecule has 60 valence electrons. The van der Waals surface area contributed by atoms with Gasteiger partial charge in [0.05, 0.1) is 5.92 Å². The minimum Gasteiger partial charge on any atom is -0.481 e. The van der Waals surface area contributed by atoms with Crippen molar-refractivity contribution in [2.75, 3.05) is 13.2 Å². The van der Waals surface area contributed by atoms with E-state index >= 15 is 0 Å². The van der Waals surface area contributed by atoms with Gasteiger partial charge in [0.1, 0.15) is 0 Å². The summed E-state index contributed by atoms with van der Waals surface area (Å²) < 4.78 is 0. The van der Waals surface area contributed by atoms with E-state index in [2.05, 4.69) is 0 Å². The summed E-state index contributed by atoms with van der Waals surface area (Å²) in [6.07, 6.45) is 0. The molecule has 1 atom stereocenters. The highest BCUT2D eigenvalue weighted by Crippen LogP contribution is 2.09. The van der Waals surface area contributed by atoms with Crippen molar-refractivity contribution in [2.24, 2.45) is 11.8 Å². The predicted octanol–water partition coefficient (Wildman–Crippen LogP) is -0.692. The van der Waals surface area contributed by atoms with Gasteiger partial charge in [-0.2, -0.15) is 0 Å². The van der Waals surface area contributed by atoms with E-state index in [1.165, 1.54) is 6.92 Å². The molecule has 4 heteroatoms. The number of carbonyl (C=O) groups is 1. The number of carboxylic acid groups (broad SMARTS) is 1. The van der Waals surface area contributed by atoms with Gasteiger partial charge in [-0.3, -0.25) is 4.79 Å². The minimum absolute atomic E-state index is 0.288. The van der Waals surface area contributed by atoms with E-state index in [1.54, 1.807) is 0 Å². The zero-order valence-corrected chi connectivity index (χ0v) is 5.82. The van der Waals surface area contributed by atoms with E-state index in [1.807, 2.05) is 0 Å². The van der Waals surface area contributed by atoms with Crippen LogP contribution in [0.1, 0.15) is 6.92 Å². The summed E-state index contributed by atoms with van der Waals surface area (Å²) in [5.74, 6) is -2.22. The van der Waals surface area contributed by atoms with Crippen LogP contribution in [0.25, 0.3) is 0 Å². The lowest BCUT2D eigenvalue weighted by Gasteiger charge is -2.14. The summed E-state index contributed by atoms with van der Waals surface area (Å²) in [5.41, 5.74) is 0. The quantitative estimate of drug-likeness (QED) is 0.493. The number of hydrogen-bond acceptors (Lipinski definition) is 3. The van der Waals surface area contributed by atoms with Gasteiger partial charge in [0.25, 0.3) is 0 Å². The van der Waals surface area contributed by atoms with Crippen LogP contribution in [0.2, 0.25) is 0 Å². The largest absolute Gasteiger partial charge is 0.481 e. The molecule has 0 saturated heterocycles. The third kappa shape index (κ3) is 2.33. The summed E-state index contributed by atoms with van der Waals surface area (Å²) in [4.78, 5) is 10.2. The van der Waals surface area contributed by atoms with Crippen LogP contribution in [0.4, 0.5) is 0 Å². The monoisotopic (exact) mass is 148 g/mol. The number of aliphatic hydroxyl groups excluding tert-OH is 2. The molecule has 1 unspecified atom stereocenters. The van der Waals surface area contributed by atoms with Gasteiger partial charge in [-0.05, 0) is 0 Å². The Kier molecular flexibility index (Phi) is 3.99. The Morgan fingerprint density at radius 3 is 1.90 bits per heavy atom. The third-order valence-corrected chi connectivity index (χ3v) is 1.57. The maximum absolute atomic E-state index is 10.2. The number of aliphatic carboxylic acids is 1. The van der Waals surface area contributed by atoms with Gasteiger partial charge >= 0.3 is 5.97 Å². The molecule has 0 rings (SSSR count). The van der Waals surface area contributed by atoms with Gasteiger partial charge < -0.3 is 15.3 Å². The summed E-state index contributed by atoms with van der Waals surface area (Å²) in [7, 11) is 0. The van der Waals surface area contributed by atoms with Crippen molar-refractivity contribution in [1.82, 2.24) is 0 Å². The second-order valence-corrected chi connectivity index (χ2v) is 2.25. The Bertz CT molecular complexity index is 108. The first-order valence-electron chi connectivity index (χ1n) is 3.08. The van der Waals surface area contributed by atoms with E-state index in [0.717, 1.165) is 0 Å². The van der Waals surface area contributed by atoms with Crippen molar-refractivity contribution >= 4 is 5.97 Å². The Labute approximate surface area is 59.1 Å². The van der Waals surface area contributed by atoms with Gasteiger partial charge in [-0.15, -0.1) is 0 Å². The van der Waals surface area contributed by atoms with Crippen LogP contribution in [0.15, 0.2) is 0 Å². The lowest BCUT2D eigenvalue weighted by Crippen LogP contribution is -2.26. The van der Waals surface area contributed by atoms with E-state index < -0.39 is 17.8 Å². The van der Waals surface area contributed by atoms with Crippen molar-refractivity contribution in [3.8, 4) is 0 Å². The average molecular weight is 148 g/mol. The van der Waals surface area contributed by atoms with Crippen LogP contribution in [-0.2, 0) is 4.79 Å². The average Bonchev–Trinajstić information content (AvgIpc) is 1.90. The molecule has 4 nitrogen and oxygen atoms in total. The molecule has 0 radical (unpaired) electrons. The molecule has 0 saturated carbocycles. The number of rotatable bonds is 4. The fraction of sp³-hybridized carbons (Fsp3) is 0.833. The van der Waals surface area contributed by atoms with Crippen LogP contribution in [0.5, 0.6) is 0 Å². The minimum atomic E-state index is -0.992. The number of aliphatic hydroxyl groups is 2. The smallest absolute Gasteiger partial charge is 0.306 e. The molecule has 0 aliphatic rings. The molecule has 0 heterocycles. The van der Waals surface area contributed by atoms with Crippen LogP contribution in [0.3, 0.4) is 0 Å². The molecular weight excluding hydrogens is 136 g/mol. The molecule has 0 aromatic carbocycles. The number of hydrogen-bond donors (Lipinski definition) is 3. The Balaban J connectivity index is 3.88. The molecule has 10 heavy (non-hydrogen) atoms.